The molecule has 1 saturated heterocycles. The maximum absolute atomic E-state index is 14.0. The Morgan fingerprint density at radius 2 is 1.59 bits per heavy atom. The summed E-state index contributed by atoms with van der Waals surface area (Å²) in [6.07, 6.45) is 1.90. The number of aryl methyl sites for hydroxylation is 1. The van der Waals surface area contributed by atoms with E-state index in [0.717, 1.165) is 39.9 Å². The van der Waals surface area contributed by atoms with Crippen molar-refractivity contribution in [2.75, 3.05) is 36.1 Å². The predicted octanol–water partition coefficient (Wildman–Crippen LogP) is 5.68. The standard InChI is InChI=1S/C30H25N3O3S/c1-20-8-7-11-22(18-20)33-28(34)24-13-6-5-12-23(24)25(29(33)35)19-26-27(21-9-3-2-4-10-21)31-30(37-26)32-14-16-36-17-15-32/h2-13,18-19H,14-17H2,1H3/b25-19+. The van der Waals surface area contributed by atoms with Gasteiger partial charge in [0, 0.05) is 35.4 Å². The Morgan fingerprint density at radius 1 is 0.865 bits per heavy atom. The normalized spacial score (nSPS) is 16.8. The van der Waals surface area contributed by atoms with E-state index in [0.29, 0.717) is 35.6 Å². The van der Waals surface area contributed by atoms with Crippen LogP contribution in [0.3, 0.4) is 0 Å². The van der Waals surface area contributed by atoms with Crippen molar-refractivity contribution in [3.63, 3.8) is 0 Å². The number of hydrogen-bond acceptors (Lipinski definition) is 6. The van der Waals surface area contributed by atoms with Gasteiger partial charge in [0.05, 0.1) is 29.5 Å². The monoisotopic (exact) mass is 507 g/mol. The molecule has 6 rings (SSSR count). The zero-order valence-electron chi connectivity index (χ0n) is 20.4. The van der Waals surface area contributed by atoms with Crippen LogP contribution in [0.1, 0.15) is 26.4 Å². The number of amides is 2. The minimum Gasteiger partial charge on any atom is -0.378 e. The Bertz CT molecular complexity index is 1520. The third kappa shape index (κ3) is 4.37. The molecule has 7 heteroatoms. The fourth-order valence-corrected chi connectivity index (χ4v) is 5.82. The van der Waals surface area contributed by atoms with Crippen LogP contribution in [0.5, 0.6) is 0 Å². The van der Waals surface area contributed by atoms with Crippen LogP contribution in [0.2, 0.25) is 0 Å². The lowest BCUT2D eigenvalue weighted by Crippen LogP contribution is -2.41. The van der Waals surface area contributed by atoms with Gasteiger partial charge in [-0.05, 0) is 36.8 Å². The summed E-state index contributed by atoms with van der Waals surface area (Å²) in [6, 6.07) is 24.8. The molecule has 1 aromatic heterocycles. The Kier molecular flexibility index (Phi) is 6.16. The molecule has 0 spiro atoms. The number of fused-ring (bicyclic) bond motifs is 1. The molecule has 37 heavy (non-hydrogen) atoms. The van der Waals surface area contributed by atoms with Crippen LogP contribution in [0, 0.1) is 6.92 Å². The number of carbonyl (C=O) groups is 2. The largest absolute Gasteiger partial charge is 0.378 e. The summed E-state index contributed by atoms with van der Waals surface area (Å²) in [6.45, 7) is 4.82. The van der Waals surface area contributed by atoms with Crippen LogP contribution in [-0.4, -0.2) is 43.1 Å². The van der Waals surface area contributed by atoms with Crippen LogP contribution in [0.25, 0.3) is 22.9 Å². The fraction of sp³-hybridized carbons (Fsp3) is 0.167. The van der Waals surface area contributed by atoms with Crippen molar-refractivity contribution < 1.29 is 14.3 Å². The average molecular weight is 508 g/mol. The lowest BCUT2D eigenvalue weighted by molar-refractivity contribution is -0.112. The van der Waals surface area contributed by atoms with Gasteiger partial charge in [0.15, 0.2) is 5.13 Å². The second-order valence-electron chi connectivity index (χ2n) is 9.06. The summed E-state index contributed by atoms with van der Waals surface area (Å²) in [4.78, 5) is 36.8. The van der Waals surface area contributed by atoms with Crippen LogP contribution in [-0.2, 0) is 9.53 Å². The van der Waals surface area contributed by atoms with Gasteiger partial charge in [-0.25, -0.2) is 9.88 Å². The smallest absolute Gasteiger partial charge is 0.266 e. The van der Waals surface area contributed by atoms with Crippen LogP contribution >= 0.6 is 11.3 Å². The molecule has 4 aromatic rings. The summed E-state index contributed by atoms with van der Waals surface area (Å²) in [7, 11) is 0. The number of ether oxygens (including phenoxy) is 1. The number of rotatable bonds is 4. The van der Waals surface area contributed by atoms with Crippen LogP contribution in [0.15, 0.2) is 78.9 Å². The van der Waals surface area contributed by atoms with E-state index in [1.165, 1.54) is 4.90 Å². The predicted molar refractivity (Wildman–Crippen MR) is 148 cm³/mol. The Labute approximate surface area is 219 Å². The van der Waals surface area contributed by atoms with Crippen molar-refractivity contribution >= 4 is 45.6 Å². The SMILES string of the molecule is Cc1cccc(N2C(=O)/C(=C/c3sc(N4CCOCC4)nc3-c3ccccc3)c3ccccc3C2=O)c1. The molecule has 0 unspecified atom stereocenters. The number of morpholine rings is 1. The molecule has 2 aliphatic heterocycles. The Balaban J connectivity index is 1.52. The van der Waals surface area contributed by atoms with Crippen molar-refractivity contribution in [1.82, 2.24) is 4.98 Å². The quantitative estimate of drug-likeness (QED) is 0.263. The molecule has 0 bridgehead atoms. The molecule has 0 radical (unpaired) electrons. The molecule has 6 nitrogen and oxygen atoms in total. The lowest BCUT2D eigenvalue weighted by atomic mass is 9.92. The van der Waals surface area contributed by atoms with Gasteiger partial charge in [-0.1, -0.05) is 72.0 Å². The molecule has 3 aromatic carbocycles. The van der Waals surface area contributed by atoms with Gasteiger partial charge in [-0.15, -0.1) is 0 Å². The van der Waals surface area contributed by atoms with Gasteiger partial charge in [0.1, 0.15) is 0 Å². The van der Waals surface area contributed by atoms with Crippen molar-refractivity contribution in [2.24, 2.45) is 0 Å². The van der Waals surface area contributed by atoms with E-state index in [4.69, 9.17) is 9.72 Å². The van der Waals surface area contributed by atoms with Gasteiger partial charge >= 0.3 is 0 Å². The molecule has 3 heterocycles. The molecule has 1 fully saturated rings. The van der Waals surface area contributed by atoms with E-state index in [-0.39, 0.29) is 11.8 Å². The topological polar surface area (TPSA) is 62.7 Å². The van der Waals surface area contributed by atoms with Crippen molar-refractivity contribution in [1.29, 1.82) is 0 Å². The molecular formula is C30H25N3O3S. The van der Waals surface area contributed by atoms with Gasteiger partial charge < -0.3 is 9.64 Å². The van der Waals surface area contributed by atoms with E-state index in [1.54, 1.807) is 23.5 Å². The number of aromatic nitrogens is 1. The fourth-order valence-electron chi connectivity index (χ4n) is 4.74. The first-order valence-corrected chi connectivity index (χ1v) is 13.1. The first kappa shape index (κ1) is 23.3. The molecule has 0 N–H and O–H groups in total. The number of nitrogens with zero attached hydrogens (tertiary/aromatic N) is 3. The molecule has 184 valence electrons. The summed E-state index contributed by atoms with van der Waals surface area (Å²) in [5.41, 5.74) is 4.97. The highest BCUT2D eigenvalue weighted by atomic mass is 32.1. The van der Waals surface area contributed by atoms with E-state index < -0.39 is 0 Å². The van der Waals surface area contributed by atoms with Gasteiger partial charge in [0.25, 0.3) is 11.8 Å². The number of imide groups is 1. The second kappa shape index (κ2) is 9.76. The highest BCUT2D eigenvalue weighted by Gasteiger charge is 2.36. The highest BCUT2D eigenvalue weighted by Crippen LogP contribution is 2.39. The maximum Gasteiger partial charge on any atom is 0.266 e. The Morgan fingerprint density at radius 3 is 2.35 bits per heavy atom. The van der Waals surface area contributed by atoms with Gasteiger partial charge in [-0.3, -0.25) is 9.59 Å². The van der Waals surface area contributed by atoms with Crippen LogP contribution in [0.4, 0.5) is 10.8 Å². The van der Waals surface area contributed by atoms with E-state index in [2.05, 4.69) is 4.90 Å². The zero-order chi connectivity index (χ0) is 25.4. The molecule has 2 aliphatic rings. The van der Waals surface area contributed by atoms with Crippen molar-refractivity contribution in [3.05, 3.63) is 100 Å². The zero-order valence-corrected chi connectivity index (χ0v) is 21.2. The number of thiazole rings is 1. The number of anilines is 2. The van der Waals surface area contributed by atoms with Gasteiger partial charge in [0.2, 0.25) is 0 Å². The van der Waals surface area contributed by atoms with E-state index >= 15 is 0 Å². The second-order valence-corrected chi connectivity index (χ2v) is 10.1. The first-order chi connectivity index (χ1) is 18.1. The summed E-state index contributed by atoms with van der Waals surface area (Å²) in [5.74, 6) is -0.653. The highest BCUT2D eigenvalue weighted by molar-refractivity contribution is 7.17. The molecule has 0 saturated carbocycles. The number of carbonyl (C=O) groups excluding carboxylic acids is 2. The Hall–Kier alpha value is -4.07. The van der Waals surface area contributed by atoms with Crippen molar-refractivity contribution in [2.45, 2.75) is 6.92 Å². The molecular weight excluding hydrogens is 482 g/mol. The number of hydrogen-bond donors (Lipinski definition) is 0. The first-order valence-electron chi connectivity index (χ1n) is 12.3. The summed E-state index contributed by atoms with van der Waals surface area (Å²) >= 11 is 1.56. The summed E-state index contributed by atoms with van der Waals surface area (Å²) in [5, 5.41) is 0.900. The molecule has 0 aliphatic carbocycles. The van der Waals surface area contributed by atoms with Gasteiger partial charge in [-0.2, -0.15) is 0 Å². The minimum atomic E-state index is -0.338. The number of benzene rings is 3. The maximum atomic E-state index is 14.0. The third-order valence-electron chi connectivity index (χ3n) is 6.59. The van der Waals surface area contributed by atoms with E-state index in [1.807, 2.05) is 79.7 Å². The summed E-state index contributed by atoms with van der Waals surface area (Å²) < 4.78 is 5.53. The molecule has 2 amide bonds. The van der Waals surface area contributed by atoms with Crippen LogP contribution < -0.4 is 9.80 Å². The van der Waals surface area contributed by atoms with E-state index in [9.17, 15) is 9.59 Å². The average Bonchev–Trinajstić information content (AvgIpc) is 3.36. The third-order valence-corrected chi connectivity index (χ3v) is 7.65. The molecule has 0 atom stereocenters. The van der Waals surface area contributed by atoms with Crippen molar-refractivity contribution in [3.8, 4) is 11.3 Å². The minimum absolute atomic E-state index is 0.315. The lowest BCUT2D eigenvalue weighted by Gasteiger charge is -2.29.